The summed E-state index contributed by atoms with van der Waals surface area (Å²) in [5, 5.41) is 11.0. The van der Waals surface area contributed by atoms with Crippen LogP contribution >= 0.6 is 0 Å². The number of sulfonamides is 1. The summed E-state index contributed by atoms with van der Waals surface area (Å²) in [5.41, 5.74) is 0.0475. The van der Waals surface area contributed by atoms with Crippen LogP contribution in [0.4, 0.5) is 5.69 Å². The van der Waals surface area contributed by atoms with Crippen LogP contribution in [0.25, 0.3) is 0 Å². The van der Waals surface area contributed by atoms with Crippen molar-refractivity contribution in [2.45, 2.75) is 17.7 Å². The molecule has 0 atom stereocenters. The van der Waals surface area contributed by atoms with Gasteiger partial charge in [-0.2, -0.15) is 4.31 Å². The summed E-state index contributed by atoms with van der Waals surface area (Å²) in [4.78, 5) is 22.8. The van der Waals surface area contributed by atoms with Gasteiger partial charge in [0.05, 0.1) is 9.82 Å². The van der Waals surface area contributed by atoms with Crippen molar-refractivity contribution in [2.75, 3.05) is 19.7 Å². The van der Waals surface area contributed by atoms with Crippen LogP contribution < -0.4 is 4.74 Å². The maximum Gasteiger partial charge on any atom is 0.310 e. The molecule has 0 unspecified atom stereocenters. The van der Waals surface area contributed by atoms with Gasteiger partial charge in [-0.3, -0.25) is 14.9 Å². The van der Waals surface area contributed by atoms with Gasteiger partial charge in [0.25, 0.3) is 0 Å². The molecule has 1 saturated heterocycles. The van der Waals surface area contributed by atoms with E-state index in [1.165, 1.54) is 46.8 Å². The van der Waals surface area contributed by atoms with E-state index in [1.54, 1.807) is 6.07 Å². The van der Waals surface area contributed by atoms with E-state index in [0.717, 1.165) is 12.8 Å². The molecule has 142 valence electrons. The van der Waals surface area contributed by atoms with Crippen LogP contribution in [-0.2, 0) is 10.0 Å². The molecule has 0 aliphatic carbocycles. The van der Waals surface area contributed by atoms with E-state index in [0.29, 0.717) is 13.1 Å². The van der Waals surface area contributed by atoms with E-state index in [2.05, 4.69) is 0 Å². The van der Waals surface area contributed by atoms with E-state index >= 15 is 0 Å². The first-order valence-corrected chi connectivity index (χ1v) is 9.83. The molecule has 1 aliphatic rings. The van der Waals surface area contributed by atoms with Crippen LogP contribution in [0.1, 0.15) is 23.2 Å². The Hall–Kier alpha value is -2.78. The molecule has 8 nitrogen and oxygen atoms in total. The van der Waals surface area contributed by atoms with Crippen molar-refractivity contribution in [2.24, 2.45) is 0 Å². The minimum absolute atomic E-state index is 0.00378. The Morgan fingerprint density at radius 3 is 2.33 bits per heavy atom. The van der Waals surface area contributed by atoms with Crippen molar-refractivity contribution < 1.29 is 22.9 Å². The highest BCUT2D eigenvalue weighted by atomic mass is 32.2. The molecule has 1 fully saturated rings. The second-order valence-corrected chi connectivity index (χ2v) is 8.01. The van der Waals surface area contributed by atoms with Gasteiger partial charge < -0.3 is 4.74 Å². The van der Waals surface area contributed by atoms with E-state index < -0.39 is 20.7 Å². The largest absolute Gasteiger partial charge is 0.478 e. The molecule has 9 heteroatoms. The van der Waals surface area contributed by atoms with Crippen molar-refractivity contribution in [3.05, 3.63) is 64.2 Å². The number of ether oxygens (including phenoxy) is 1. The maximum atomic E-state index is 12.5. The number of hydrogen-bond donors (Lipinski definition) is 0. The molecule has 1 heterocycles. The van der Waals surface area contributed by atoms with Crippen LogP contribution in [-0.4, -0.2) is 43.1 Å². The summed E-state index contributed by atoms with van der Waals surface area (Å²) in [7, 11) is -3.54. The first kappa shape index (κ1) is 19.0. The zero-order valence-electron chi connectivity index (χ0n) is 14.4. The summed E-state index contributed by atoms with van der Waals surface area (Å²) >= 11 is 0. The summed E-state index contributed by atoms with van der Waals surface area (Å²) in [6, 6.07) is 11.4. The topological polar surface area (TPSA) is 107 Å². The minimum Gasteiger partial charge on any atom is -0.478 e. The molecular formula is C18H18N2O6S. The fraction of sp³-hybridized carbons (Fsp3) is 0.278. The van der Waals surface area contributed by atoms with Gasteiger partial charge >= 0.3 is 5.69 Å². The first-order valence-electron chi connectivity index (χ1n) is 8.39. The molecule has 2 aromatic carbocycles. The Morgan fingerprint density at radius 1 is 1.07 bits per heavy atom. The van der Waals surface area contributed by atoms with E-state index in [9.17, 15) is 23.3 Å². The molecule has 0 amide bonds. The van der Waals surface area contributed by atoms with Crippen molar-refractivity contribution in [3.8, 4) is 5.75 Å². The van der Waals surface area contributed by atoms with Gasteiger partial charge in [0.15, 0.2) is 18.1 Å². The highest BCUT2D eigenvalue weighted by Crippen LogP contribution is 2.26. The average Bonchev–Trinajstić information content (AvgIpc) is 3.22. The average molecular weight is 390 g/mol. The third-order valence-electron chi connectivity index (χ3n) is 4.30. The molecule has 27 heavy (non-hydrogen) atoms. The van der Waals surface area contributed by atoms with Crippen molar-refractivity contribution in [1.82, 2.24) is 4.31 Å². The van der Waals surface area contributed by atoms with E-state index in [-0.39, 0.29) is 28.5 Å². The van der Waals surface area contributed by atoms with Gasteiger partial charge in [-0.05, 0) is 43.2 Å². The fourth-order valence-corrected chi connectivity index (χ4v) is 4.36. The highest BCUT2D eigenvalue weighted by molar-refractivity contribution is 7.89. The summed E-state index contributed by atoms with van der Waals surface area (Å²) in [6.07, 6.45) is 1.69. The summed E-state index contributed by atoms with van der Waals surface area (Å²) < 4.78 is 31.7. The van der Waals surface area contributed by atoms with Gasteiger partial charge in [0.1, 0.15) is 0 Å². The van der Waals surface area contributed by atoms with Gasteiger partial charge in [-0.1, -0.05) is 12.1 Å². The quantitative estimate of drug-likeness (QED) is 0.409. The Kier molecular flexibility index (Phi) is 5.52. The maximum absolute atomic E-state index is 12.5. The molecule has 2 aromatic rings. The smallest absolute Gasteiger partial charge is 0.310 e. The molecule has 3 rings (SSSR count). The third kappa shape index (κ3) is 4.15. The van der Waals surface area contributed by atoms with Crippen molar-refractivity contribution >= 4 is 21.5 Å². The number of benzene rings is 2. The Balaban J connectivity index is 1.69. The normalized spacial score (nSPS) is 14.8. The zero-order chi connectivity index (χ0) is 19.4. The zero-order valence-corrected chi connectivity index (χ0v) is 15.2. The number of carbonyl (C=O) groups excluding carboxylic acids is 1. The Labute approximate surface area is 156 Å². The minimum atomic E-state index is -3.54. The van der Waals surface area contributed by atoms with Crippen LogP contribution in [0.15, 0.2) is 53.4 Å². The number of nitrogens with zero attached hydrogens (tertiary/aromatic N) is 2. The lowest BCUT2D eigenvalue weighted by atomic mass is 10.1. The number of nitro groups is 1. The number of rotatable bonds is 7. The summed E-state index contributed by atoms with van der Waals surface area (Å²) in [6.45, 7) is 0.627. The van der Waals surface area contributed by atoms with Gasteiger partial charge in [0, 0.05) is 24.7 Å². The SMILES string of the molecule is O=C(COc1ccccc1[N+](=O)[O-])c1ccc(S(=O)(=O)N2CCCC2)cc1. The molecule has 0 N–H and O–H groups in total. The second kappa shape index (κ2) is 7.85. The van der Waals surface area contributed by atoms with Crippen LogP contribution in [0, 0.1) is 10.1 Å². The monoisotopic (exact) mass is 390 g/mol. The lowest BCUT2D eigenvalue weighted by molar-refractivity contribution is -0.385. The number of hydrogen-bond acceptors (Lipinski definition) is 6. The summed E-state index contributed by atoms with van der Waals surface area (Å²) in [5.74, 6) is -0.401. The van der Waals surface area contributed by atoms with Crippen LogP contribution in [0.3, 0.4) is 0 Å². The van der Waals surface area contributed by atoms with E-state index in [1.807, 2.05) is 0 Å². The van der Waals surface area contributed by atoms with Crippen LogP contribution in [0.2, 0.25) is 0 Å². The molecule has 0 radical (unpaired) electrons. The van der Waals surface area contributed by atoms with E-state index in [4.69, 9.17) is 4.74 Å². The molecule has 0 spiro atoms. The first-order chi connectivity index (χ1) is 12.9. The van der Waals surface area contributed by atoms with Gasteiger partial charge in [0.2, 0.25) is 10.0 Å². The molecule has 1 aliphatic heterocycles. The standard InChI is InChI=1S/C18H18N2O6S/c21-17(13-26-18-6-2-1-5-16(18)20(22)23)14-7-9-15(10-8-14)27(24,25)19-11-3-4-12-19/h1-2,5-10H,3-4,11-13H2. The fourth-order valence-electron chi connectivity index (χ4n) is 2.85. The number of para-hydroxylation sites is 2. The van der Waals surface area contributed by atoms with Gasteiger partial charge in [-0.15, -0.1) is 0 Å². The molecule has 0 saturated carbocycles. The molecule has 0 aromatic heterocycles. The Bertz CT molecular complexity index is 950. The molecular weight excluding hydrogens is 372 g/mol. The second-order valence-electron chi connectivity index (χ2n) is 6.07. The number of Topliss-reactive ketones (excluding diaryl/α,β-unsaturated/α-hetero) is 1. The third-order valence-corrected chi connectivity index (χ3v) is 6.21. The number of carbonyl (C=O) groups is 1. The predicted octanol–water partition coefficient (Wildman–Crippen LogP) is 2.64. The van der Waals surface area contributed by atoms with Crippen molar-refractivity contribution in [1.29, 1.82) is 0 Å². The van der Waals surface area contributed by atoms with Crippen LogP contribution in [0.5, 0.6) is 5.75 Å². The Morgan fingerprint density at radius 2 is 1.70 bits per heavy atom. The van der Waals surface area contributed by atoms with Crippen molar-refractivity contribution in [3.63, 3.8) is 0 Å². The van der Waals surface area contributed by atoms with Gasteiger partial charge in [-0.25, -0.2) is 8.42 Å². The predicted molar refractivity (Wildman–Crippen MR) is 97.4 cm³/mol. The lowest BCUT2D eigenvalue weighted by Crippen LogP contribution is -2.27. The number of ketones is 1. The lowest BCUT2D eigenvalue weighted by Gasteiger charge is -2.15. The molecule has 0 bridgehead atoms. The number of nitro benzene ring substituents is 1. The highest BCUT2D eigenvalue weighted by Gasteiger charge is 2.27.